The van der Waals surface area contributed by atoms with Gasteiger partial charge < -0.3 is 14.6 Å². The molecular weight excluding hydrogens is 370 g/mol. The number of aromatic nitrogens is 4. The van der Waals surface area contributed by atoms with Crippen molar-refractivity contribution in [2.75, 3.05) is 11.4 Å². The minimum atomic E-state index is -0.250. The Labute approximate surface area is 166 Å². The number of para-hydroxylation sites is 1. The van der Waals surface area contributed by atoms with Crippen molar-refractivity contribution in [2.45, 2.75) is 12.5 Å². The second-order valence-electron chi connectivity index (χ2n) is 6.54. The van der Waals surface area contributed by atoms with E-state index in [0.29, 0.717) is 13.0 Å². The van der Waals surface area contributed by atoms with E-state index in [1.54, 1.807) is 12.4 Å². The fraction of sp³-hybridized carbons (Fsp3) is 0.143. The number of carbonyl (C=O) groups is 2. The van der Waals surface area contributed by atoms with Crippen LogP contribution in [0.2, 0.25) is 0 Å². The zero-order chi connectivity index (χ0) is 20.2. The van der Waals surface area contributed by atoms with Gasteiger partial charge in [0.05, 0.1) is 17.8 Å². The molecule has 5 rings (SSSR count). The van der Waals surface area contributed by atoms with Crippen molar-refractivity contribution < 1.29 is 14.7 Å². The van der Waals surface area contributed by atoms with Gasteiger partial charge in [-0.25, -0.2) is 9.50 Å². The van der Waals surface area contributed by atoms with Crippen molar-refractivity contribution in [1.29, 1.82) is 0 Å². The molecule has 1 fully saturated rings. The second kappa shape index (κ2) is 7.97. The molecule has 0 bridgehead atoms. The number of hydrogen-bond donors (Lipinski definition) is 1. The van der Waals surface area contributed by atoms with Gasteiger partial charge in [-0.05, 0) is 30.3 Å². The van der Waals surface area contributed by atoms with E-state index < -0.39 is 0 Å². The molecule has 1 aliphatic heterocycles. The first-order valence-corrected chi connectivity index (χ1v) is 9.12. The second-order valence-corrected chi connectivity index (χ2v) is 6.54. The Morgan fingerprint density at radius 2 is 1.83 bits per heavy atom. The van der Waals surface area contributed by atoms with Gasteiger partial charge in [0.25, 0.3) is 6.47 Å². The number of carbonyl (C=O) groups excluding carboxylic acids is 1. The van der Waals surface area contributed by atoms with Crippen LogP contribution in [-0.2, 0) is 9.59 Å². The Bertz CT molecular complexity index is 1140. The van der Waals surface area contributed by atoms with Crippen LogP contribution in [0.4, 0.5) is 5.69 Å². The van der Waals surface area contributed by atoms with Crippen LogP contribution in [-0.4, -0.2) is 43.2 Å². The van der Waals surface area contributed by atoms with E-state index in [4.69, 9.17) is 9.90 Å². The van der Waals surface area contributed by atoms with Crippen molar-refractivity contribution in [3.8, 4) is 11.5 Å². The fourth-order valence-electron chi connectivity index (χ4n) is 3.66. The van der Waals surface area contributed by atoms with Crippen LogP contribution in [0.15, 0.2) is 73.2 Å². The Morgan fingerprint density at radius 3 is 2.62 bits per heavy atom. The zero-order valence-corrected chi connectivity index (χ0v) is 15.5. The summed E-state index contributed by atoms with van der Waals surface area (Å²) in [5.74, 6) is 0.963. The van der Waals surface area contributed by atoms with Crippen molar-refractivity contribution in [3.05, 3.63) is 73.2 Å². The normalized spacial score (nSPS) is 15.9. The van der Waals surface area contributed by atoms with Gasteiger partial charge in [0.15, 0.2) is 5.82 Å². The smallest absolute Gasteiger partial charge is 0.290 e. The molecular formula is C21H19N5O3. The lowest BCUT2D eigenvalue weighted by molar-refractivity contribution is -0.123. The summed E-state index contributed by atoms with van der Waals surface area (Å²) >= 11 is 0. The third kappa shape index (κ3) is 3.47. The molecule has 0 aliphatic carbocycles. The molecule has 1 atom stereocenters. The van der Waals surface area contributed by atoms with Crippen LogP contribution in [0.5, 0.6) is 0 Å². The highest BCUT2D eigenvalue weighted by atomic mass is 16.3. The number of amides is 1. The predicted molar refractivity (Wildman–Crippen MR) is 108 cm³/mol. The van der Waals surface area contributed by atoms with Gasteiger partial charge >= 0.3 is 0 Å². The van der Waals surface area contributed by atoms with Gasteiger partial charge in [0.1, 0.15) is 5.69 Å². The van der Waals surface area contributed by atoms with Crippen LogP contribution in [0.1, 0.15) is 12.5 Å². The third-order valence-corrected chi connectivity index (χ3v) is 4.88. The van der Waals surface area contributed by atoms with Gasteiger partial charge in [0.2, 0.25) is 5.91 Å². The lowest BCUT2D eigenvalue weighted by Gasteiger charge is -2.18. The molecule has 1 N–H and O–H groups in total. The van der Waals surface area contributed by atoms with E-state index in [-0.39, 0.29) is 18.4 Å². The molecule has 4 aromatic rings. The number of anilines is 1. The maximum Gasteiger partial charge on any atom is 0.290 e. The van der Waals surface area contributed by atoms with E-state index >= 15 is 0 Å². The van der Waals surface area contributed by atoms with Crippen molar-refractivity contribution in [1.82, 2.24) is 19.2 Å². The first kappa shape index (κ1) is 18.4. The largest absolute Gasteiger partial charge is 0.483 e. The lowest BCUT2D eigenvalue weighted by atomic mass is 10.2. The molecule has 146 valence electrons. The number of benzene rings is 1. The molecule has 1 amide bonds. The van der Waals surface area contributed by atoms with Crippen LogP contribution in [0.3, 0.4) is 0 Å². The minimum Gasteiger partial charge on any atom is -0.483 e. The summed E-state index contributed by atoms with van der Waals surface area (Å²) in [6, 6.07) is 17.8. The maximum absolute atomic E-state index is 12.6. The quantitative estimate of drug-likeness (QED) is 0.544. The van der Waals surface area contributed by atoms with Crippen molar-refractivity contribution >= 4 is 23.6 Å². The Morgan fingerprint density at radius 1 is 1.03 bits per heavy atom. The summed E-state index contributed by atoms with van der Waals surface area (Å²) in [7, 11) is 0. The number of nitrogens with zero attached hydrogens (tertiary/aromatic N) is 5. The highest BCUT2D eigenvalue weighted by Crippen LogP contribution is 2.31. The van der Waals surface area contributed by atoms with E-state index in [1.165, 1.54) is 0 Å². The van der Waals surface area contributed by atoms with E-state index in [9.17, 15) is 4.79 Å². The predicted octanol–water partition coefficient (Wildman–Crippen LogP) is 2.88. The van der Waals surface area contributed by atoms with E-state index in [1.807, 2.05) is 70.2 Å². The summed E-state index contributed by atoms with van der Waals surface area (Å²) in [6.07, 6.45) is 5.98. The molecule has 0 spiro atoms. The molecule has 1 saturated heterocycles. The molecule has 1 unspecified atom stereocenters. The maximum atomic E-state index is 12.6. The molecule has 0 saturated carbocycles. The Kier molecular flexibility index (Phi) is 5.07. The third-order valence-electron chi connectivity index (χ3n) is 4.88. The monoisotopic (exact) mass is 389 g/mol. The van der Waals surface area contributed by atoms with Crippen molar-refractivity contribution in [2.24, 2.45) is 0 Å². The first-order valence-electron chi connectivity index (χ1n) is 9.12. The average molecular weight is 389 g/mol. The van der Waals surface area contributed by atoms with Gasteiger partial charge in [-0.1, -0.05) is 24.3 Å². The SMILES string of the molecule is O=C1CC(n2ccnc2-c2cccc3ccnn23)CN1c1ccccc1.O=CO. The number of imidazole rings is 1. The summed E-state index contributed by atoms with van der Waals surface area (Å²) in [5.41, 5.74) is 2.88. The van der Waals surface area contributed by atoms with Crippen molar-refractivity contribution in [3.63, 3.8) is 0 Å². The molecule has 3 aromatic heterocycles. The van der Waals surface area contributed by atoms with E-state index in [2.05, 4.69) is 14.6 Å². The highest BCUT2D eigenvalue weighted by Gasteiger charge is 2.33. The number of pyridine rings is 1. The summed E-state index contributed by atoms with van der Waals surface area (Å²) in [6.45, 7) is 0.390. The zero-order valence-electron chi connectivity index (χ0n) is 15.5. The number of hydrogen-bond acceptors (Lipinski definition) is 4. The Hall–Kier alpha value is -3.94. The summed E-state index contributed by atoms with van der Waals surface area (Å²) < 4.78 is 3.97. The van der Waals surface area contributed by atoms with Gasteiger partial charge in [-0.3, -0.25) is 9.59 Å². The van der Waals surface area contributed by atoms with Gasteiger partial charge in [0, 0.05) is 31.0 Å². The molecule has 29 heavy (non-hydrogen) atoms. The molecule has 0 radical (unpaired) electrons. The van der Waals surface area contributed by atoms with Crippen LogP contribution >= 0.6 is 0 Å². The molecule has 1 aromatic carbocycles. The Balaban J connectivity index is 0.000000645. The van der Waals surface area contributed by atoms with Crippen LogP contribution in [0, 0.1) is 0 Å². The average Bonchev–Trinajstić information content (AvgIpc) is 3.48. The van der Waals surface area contributed by atoms with Crippen LogP contribution < -0.4 is 4.90 Å². The molecule has 4 heterocycles. The molecule has 8 nitrogen and oxygen atoms in total. The number of fused-ring (bicyclic) bond motifs is 1. The van der Waals surface area contributed by atoms with Gasteiger partial charge in [-0.2, -0.15) is 5.10 Å². The first-order chi connectivity index (χ1) is 14.2. The van der Waals surface area contributed by atoms with Crippen LogP contribution in [0.25, 0.3) is 17.0 Å². The number of carboxylic acid groups (broad SMARTS) is 1. The summed E-state index contributed by atoms with van der Waals surface area (Å²) in [4.78, 5) is 27.3. The standard InChI is InChI=1S/C20H17N5O.CH2O2/c26-19-13-17(14-24(19)15-5-2-1-3-6-15)23-12-11-21-20(23)18-8-4-7-16-9-10-22-25(16)18;2-1-3/h1-12,17H,13-14H2;1H,(H,2,3). The molecule has 1 aliphatic rings. The minimum absolute atomic E-state index is 0.0472. The number of rotatable bonds is 3. The lowest BCUT2D eigenvalue weighted by Crippen LogP contribution is -2.24. The molecule has 8 heteroatoms. The summed E-state index contributed by atoms with van der Waals surface area (Å²) in [5, 5.41) is 11.3. The fourth-order valence-corrected chi connectivity index (χ4v) is 3.66. The topological polar surface area (TPSA) is 92.7 Å². The highest BCUT2D eigenvalue weighted by molar-refractivity contribution is 5.96. The van der Waals surface area contributed by atoms with Gasteiger partial charge in [-0.15, -0.1) is 0 Å². The van der Waals surface area contributed by atoms with E-state index in [0.717, 1.165) is 22.7 Å².